The van der Waals surface area contributed by atoms with E-state index in [2.05, 4.69) is 18.1 Å². The Morgan fingerprint density at radius 1 is 1.54 bits per heavy atom. The average molecular weight is 179 g/mol. The normalized spacial score (nSPS) is 27.8. The number of anilines is 1. The topological polar surface area (TPSA) is 44.6 Å². The van der Waals surface area contributed by atoms with Crippen molar-refractivity contribution in [2.75, 3.05) is 19.3 Å². The third-order valence-corrected chi connectivity index (χ3v) is 2.92. The van der Waals surface area contributed by atoms with Crippen molar-refractivity contribution in [3.63, 3.8) is 0 Å². The van der Waals surface area contributed by atoms with Crippen LogP contribution in [0.4, 0.5) is 5.82 Å². The maximum Gasteiger partial charge on any atom is 0.270 e. The highest BCUT2D eigenvalue weighted by Gasteiger charge is 2.27. The van der Waals surface area contributed by atoms with Gasteiger partial charge in [-0.05, 0) is 6.07 Å². The van der Waals surface area contributed by atoms with Gasteiger partial charge in [0.1, 0.15) is 6.04 Å². The number of quaternary nitrogens is 1. The van der Waals surface area contributed by atoms with Crippen molar-refractivity contribution in [3.05, 3.63) is 23.9 Å². The first-order chi connectivity index (χ1) is 6.27. The Balaban J connectivity index is 2.20. The van der Waals surface area contributed by atoms with Gasteiger partial charge in [0.25, 0.3) is 5.82 Å². The van der Waals surface area contributed by atoms with Crippen LogP contribution in [0.25, 0.3) is 0 Å². The lowest BCUT2D eigenvalue weighted by molar-refractivity contribution is -0.898. The van der Waals surface area contributed by atoms with Crippen molar-refractivity contribution in [3.8, 4) is 0 Å². The van der Waals surface area contributed by atoms with Crippen LogP contribution in [0.5, 0.6) is 0 Å². The molecule has 0 amide bonds. The van der Waals surface area contributed by atoms with Crippen molar-refractivity contribution in [1.29, 1.82) is 0 Å². The second-order valence-electron chi connectivity index (χ2n) is 3.87. The molecule has 3 nitrogen and oxygen atoms in total. The molecular formula is C10H17N3+2. The predicted molar refractivity (Wildman–Crippen MR) is 51.1 cm³/mol. The van der Waals surface area contributed by atoms with Crippen molar-refractivity contribution in [2.24, 2.45) is 0 Å². The summed E-state index contributed by atoms with van der Waals surface area (Å²) in [6, 6.07) is 4.74. The lowest BCUT2D eigenvalue weighted by Crippen LogP contribution is -3.07. The van der Waals surface area contributed by atoms with Crippen molar-refractivity contribution < 1.29 is 9.88 Å². The maximum atomic E-state index is 5.60. The molecule has 3 heteroatoms. The summed E-state index contributed by atoms with van der Waals surface area (Å²) in [6.45, 7) is 1.29. The molecule has 1 unspecified atom stereocenters. The van der Waals surface area contributed by atoms with Gasteiger partial charge in [-0.25, -0.2) is 4.98 Å². The van der Waals surface area contributed by atoms with E-state index in [1.807, 2.05) is 12.3 Å². The zero-order valence-corrected chi connectivity index (χ0v) is 8.01. The van der Waals surface area contributed by atoms with Crippen LogP contribution < -0.4 is 15.6 Å². The van der Waals surface area contributed by atoms with Crippen LogP contribution in [0.2, 0.25) is 0 Å². The average Bonchev–Trinajstić information content (AvgIpc) is 2.53. The number of nitrogen functional groups attached to an aromatic ring is 1. The van der Waals surface area contributed by atoms with Crippen molar-refractivity contribution in [1.82, 2.24) is 0 Å². The van der Waals surface area contributed by atoms with Gasteiger partial charge in [-0.15, -0.1) is 0 Å². The summed E-state index contributed by atoms with van der Waals surface area (Å²) in [5.74, 6) is 0.736. The minimum atomic E-state index is 0.664. The fourth-order valence-electron chi connectivity index (χ4n) is 2.12. The molecule has 1 aromatic rings. The van der Waals surface area contributed by atoms with E-state index < -0.39 is 0 Å². The fraction of sp³-hybridized carbons (Fsp3) is 0.500. The van der Waals surface area contributed by atoms with E-state index >= 15 is 0 Å². The maximum absolute atomic E-state index is 5.60. The summed E-state index contributed by atoms with van der Waals surface area (Å²) in [5, 5.41) is 0. The van der Waals surface area contributed by atoms with Crippen LogP contribution in [-0.4, -0.2) is 13.6 Å². The van der Waals surface area contributed by atoms with Gasteiger partial charge in [-0.1, -0.05) is 0 Å². The highest BCUT2D eigenvalue weighted by Crippen LogP contribution is 2.16. The fourth-order valence-corrected chi connectivity index (χ4v) is 2.12. The van der Waals surface area contributed by atoms with E-state index in [0.29, 0.717) is 6.04 Å². The minimum absolute atomic E-state index is 0.664. The number of hydrogen-bond acceptors (Lipinski definition) is 1. The van der Waals surface area contributed by atoms with E-state index in [0.717, 1.165) is 5.82 Å². The Kier molecular flexibility index (Phi) is 2.19. The Bertz CT molecular complexity index is 281. The van der Waals surface area contributed by atoms with Crippen LogP contribution in [0.1, 0.15) is 24.4 Å². The van der Waals surface area contributed by atoms with Crippen molar-refractivity contribution >= 4 is 5.82 Å². The number of likely N-dealkylation sites (tertiary alicyclic amines) is 1. The second kappa shape index (κ2) is 3.34. The monoisotopic (exact) mass is 179 g/mol. The highest BCUT2D eigenvalue weighted by molar-refractivity contribution is 5.23. The molecule has 0 radical (unpaired) electrons. The number of rotatable bonds is 1. The number of nitrogens with two attached hydrogens (primary N) is 1. The molecule has 4 N–H and O–H groups in total. The summed E-state index contributed by atoms with van der Waals surface area (Å²) < 4.78 is 0. The van der Waals surface area contributed by atoms with E-state index in [1.54, 1.807) is 4.90 Å². The van der Waals surface area contributed by atoms with Gasteiger partial charge in [0, 0.05) is 24.5 Å². The summed E-state index contributed by atoms with van der Waals surface area (Å²) in [7, 11) is 2.26. The third-order valence-electron chi connectivity index (χ3n) is 2.92. The zero-order valence-electron chi connectivity index (χ0n) is 8.01. The minimum Gasteiger partial charge on any atom is -0.331 e. The number of aromatic nitrogens is 1. The van der Waals surface area contributed by atoms with E-state index in [-0.39, 0.29) is 0 Å². The molecule has 0 saturated carbocycles. The molecule has 2 rings (SSSR count). The van der Waals surface area contributed by atoms with Gasteiger partial charge >= 0.3 is 0 Å². The summed E-state index contributed by atoms with van der Waals surface area (Å²) >= 11 is 0. The molecule has 1 fully saturated rings. The third kappa shape index (κ3) is 1.65. The number of aromatic amines is 1. The molecule has 1 saturated heterocycles. The molecule has 0 spiro atoms. The number of hydrogen-bond donors (Lipinski definition) is 2. The molecular weight excluding hydrogens is 162 g/mol. The molecule has 0 aliphatic carbocycles. The number of nitrogens with one attached hydrogen (secondary N) is 2. The SMILES string of the molecule is C[NH+]1CCC[C@H]1c1ccc(N)[nH+]c1. The molecule has 13 heavy (non-hydrogen) atoms. The van der Waals surface area contributed by atoms with E-state index in [4.69, 9.17) is 5.73 Å². The Morgan fingerprint density at radius 2 is 2.38 bits per heavy atom. The first-order valence-corrected chi connectivity index (χ1v) is 4.87. The van der Waals surface area contributed by atoms with Crippen LogP contribution in [-0.2, 0) is 0 Å². The Labute approximate surface area is 78.6 Å². The van der Waals surface area contributed by atoms with Crippen molar-refractivity contribution in [2.45, 2.75) is 18.9 Å². The van der Waals surface area contributed by atoms with Gasteiger partial charge in [-0.3, -0.25) is 5.73 Å². The summed E-state index contributed by atoms with van der Waals surface area (Å²) in [6.07, 6.45) is 4.67. The molecule has 2 heterocycles. The molecule has 0 bridgehead atoms. The van der Waals surface area contributed by atoms with E-state index in [1.165, 1.54) is 24.9 Å². The molecule has 1 aliphatic rings. The summed E-state index contributed by atoms with van der Waals surface area (Å²) in [4.78, 5) is 4.67. The van der Waals surface area contributed by atoms with Gasteiger partial charge in [0.15, 0.2) is 0 Å². The molecule has 2 atom stereocenters. The van der Waals surface area contributed by atoms with Gasteiger partial charge in [0.05, 0.1) is 19.8 Å². The van der Waals surface area contributed by atoms with E-state index in [9.17, 15) is 0 Å². The Morgan fingerprint density at radius 3 is 2.92 bits per heavy atom. The predicted octanol–water partition coefficient (Wildman–Crippen LogP) is -0.567. The Hall–Kier alpha value is -1.09. The van der Waals surface area contributed by atoms with Crippen LogP contribution in [0.3, 0.4) is 0 Å². The van der Waals surface area contributed by atoms with Gasteiger partial charge < -0.3 is 4.90 Å². The first-order valence-electron chi connectivity index (χ1n) is 4.87. The standard InChI is InChI=1S/C10H15N3/c1-13-6-2-3-9(13)8-4-5-10(11)12-7-8/h4-5,7,9H,2-3,6H2,1H3,(H2,11,12)/p+2/t9-/m0/s1. The molecule has 1 aliphatic heterocycles. The lowest BCUT2D eigenvalue weighted by Gasteiger charge is -2.15. The smallest absolute Gasteiger partial charge is 0.270 e. The summed E-state index contributed by atoms with van der Waals surface area (Å²) in [5.41, 5.74) is 6.98. The number of H-pyrrole nitrogens is 1. The second-order valence-corrected chi connectivity index (χ2v) is 3.87. The van der Waals surface area contributed by atoms with Crippen LogP contribution >= 0.6 is 0 Å². The first kappa shape index (κ1) is 8.51. The van der Waals surface area contributed by atoms with Crippen LogP contribution in [0.15, 0.2) is 18.3 Å². The quantitative estimate of drug-likeness (QED) is 0.596. The van der Waals surface area contributed by atoms with Gasteiger partial charge in [-0.2, -0.15) is 0 Å². The number of pyridine rings is 1. The molecule has 70 valence electrons. The van der Waals surface area contributed by atoms with Crippen LogP contribution in [0, 0.1) is 0 Å². The highest BCUT2D eigenvalue weighted by atomic mass is 15.1. The lowest BCUT2D eigenvalue weighted by atomic mass is 10.1. The molecule has 0 aromatic carbocycles. The van der Waals surface area contributed by atoms with Gasteiger partial charge in [0.2, 0.25) is 0 Å². The molecule has 1 aromatic heterocycles. The zero-order chi connectivity index (χ0) is 9.26. The largest absolute Gasteiger partial charge is 0.331 e.